The van der Waals surface area contributed by atoms with Gasteiger partial charge < -0.3 is 4.90 Å². The maximum atomic E-state index is 2.53. The maximum absolute atomic E-state index is 2.53. The van der Waals surface area contributed by atoms with Crippen molar-refractivity contribution in [3.63, 3.8) is 0 Å². The number of fused-ring (bicyclic) bond motifs is 6. The van der Waals surface area contributed by atoms with E-state index >= 15 is 0 Å². The van der Waals surface area contributed by atoms with Crippen molar-refractivity contribution < 1.29 is 0 Å². The normalized spacial score (nSPS) is 13.9. The van der Waals surface area contributed by atoms with E-state index in [0.29, 0.717) is 0 Å². The molecule has 0 unspecified atom stereocenters. The highest BCUT2D eigenvalue weighted by molar-refractivity contribution is 5.93. The zero-order valence-corrected chi connectivity index (χ0v) is 32.2. The summed E-state index contributed by atoms with van der Waals surface area (Å²) in [5, 5.41) is 0. The number of benzene rings is 7. The van der Waals surface area contributed by atoms with E-state index in [1.165, 1.54) is 89.4 Å². The molecule has 2 aliphatic rings. The molecular weight excluding hydrogens is 639 g/mol. The van der Waals surface area contributed by atoms with Gasteiger partial charge in [0, 0.05) is 27.9 Å². The summed E-state index contributed by atoms with van der Waals surface area (Å²) in [5.74, 6) is 0. The Balaban J connectivity index is 0.000000259. The van der Waals surface area contributed by atoms with Gasteiger partial charge in [-0.15, -0.1) is 0 Å². The molecule has 2 aliphatic carbocycles. The molecular formula is C52H49N. The van der Waals surface area contributed by atoms with E-state index in [1.807, 2.05) is 0 Å². The lowest BCUT2D eigenvalue weighted by Gasteiger charge is -2.28. The molecule has 0 bridgehead atoms. The molecule has 0 spiro atoms. The molecule has 7 aromatic carbocycles. The van der Waals surface area contributed by atoms with Crippen LogP contribution in [0, 0.1) is 20.8 Å². The Morgan fingerprint density at radius 2 is 0.792 bits per heavy atom. The van der Waals surface area contributed by atoms with Gasteiger partial charge in [0.1, 0.15) is 0 Å². The van der Waals surface area contributed by atoms with Gasteiger partial charge in [0.25, 0.3) is 0 Å². The predicted molar refractivity (Wildman–Crippen MR) is 226 cm³/mol. The molecule has 1 nitrogen and oxygen atoms in total. The minimum Gasteiger partial charge on any atom is -0.310 e. The minimum absolute atomic E-state index is 0.0192. The van der Waals surface area contributed by atoms with Crippen LogP contribution >= 0.6 is 0 Å². The summed E-state index contributed by atoms with van der Waals surface area (Å²) in [6.07, 6.45) is 1.03. The fraction of sp³-hybridized carbons (Fsp3) is 0.192. The summed E-state index contributed by atoms with van der Waals surface area (Å²) in [4.78, 5) is 2.39. The first-order valence-electron chi connectivity index (χ1n) is 19.0. The van der Waals surface area contributed by atoms with Crippen LogP contribution in [0.2, 0.25) is 0 Å². The number of aryl methyl sites for hydroxylation is 3. The Morgan fingerprint density at radius 1 is 0.396 bits per heavy atom. The molecule has 0 aliphatic heterocycles. The molecule has 0 fully saturated rings. The second kappa shape index (κ2) is 13.4. The highest BCUT2D eigenvalue weighted by Crippen LogP contribution is 2.58. The molecule has 1 heteroatoms. The molecule has 0 amide bonds. The fourth-order valence-corrected chi connectivity index (χ4v) is 8.93. The summed E-state index contributed by atoms with van der Waals surface area (Å²) in [6.45, 7) is 16.4. The van der Waals surface area contributed by atoms with Crippen LogP contribution in [-0.4, -0.2) is 0 Å². The van der Waals surface area contributed by atoms with Gasteiger partial charge in [-0.05, 0) is 142 Å². The maximum Gasteiger partial charge on any atom is 0.0467 e. The SMILES string of the molecule is Cc1cc(C)c2c(c1)C(C)(C)c1cc3c(cc1-2)C(C)(C)c1cc(N(c2ccccc2)c2ccccc2)cc(C)c1-3.c1ccc(Cc2ccccc2)cc1. The van der Waals surface area contributed by atoms with E-state index in [9.17, 15) is 0 Å². The smallest absolute Gasteiger partial charge is 0.0467 e. The molecule has 9 rings (SSSR count). The Kier molecular flexibility index (Phi) is 8.70. The number of para-hydroxylation sites is 2. The first kappa shape index (κ1) is 34.4. The Bertz CT molecular complexity index is 2340. The lowest BCUT2D eigenvalue weighted by Crippen LogP contribution is -2.17. The van der Waals surface area contributed by atoms with Crippen LogP contribution in [0.4, 0.5) is 17.1 Å². The van der Waals surface area contributed by atoms with Crippen molar-refractivity contribution in [3.8, 4) is 22.3 Å². The van der Waals surface area contributed by atoms with Crippen molar-refractivity contribution >= 4 is 17.1 Å². The molecule has 0 heterocycles. The Hall–Kier alpha value is -5.66. The third-order valence-electron chi connectivity index (χ3n) is 11.6. The van der Waals surface area contributed by atoms with Crippen LogP contribution in [0.5, 0.6) is 0 Å². The van der Waals surface area contributed by atoms with Crippen molar-refractivity contribution in [2.45, 2.75) is 65.7 Å². The average Bonchev–Trinajstić information content (AvgIpc) is 3.52. The van der Waals surface area contributed by atoms with Crippen molar-refractivity contribution in [1.29, 1.82) is 0 Å². The van der Waals surface area contributed by atoms with Gasteiger partial charge >= 0.3 is 0 Å². The second-order valence-electron chi connectivity index (χ2n) is 16.0. The molecule has 262 valence electrons. The van der Waals surface area contributed by atoms with E-state index < -0.39 is 0 Å². The summed E-state index contributed by atoms with van der Waals surface area (Å²) < 4.78 is 0. The van der Waals surface area contributed by atoms with Gasteiger partial charge in [0.15, 0.2) is 0 Å². The third kappa shape index (κ3) is 6.09. The van der Waals surface area contributed by atoms with Crippen molar-refractivity contribution in [2.24, 2.45) is 0 Å². The number of hydrogen-bond donors (Lipinski definition) is 0. The van der Waals surface area contributed by atoms with E-state index in [2.05, 4.69) is 211 Å². The predicted octanol–water partition coefficient (Wildman–Crippen LogP) is 14.0. The number of anilines is 3. The quantitative estimate of drug-likeness (QED) is 0.174. The standard InChI is InChI=1S/C39H37N.C13H12/c1-24-18-25(2)36-30-22-33-31(23-32(30)38(4,5)34(36)19-24)37-26(3)20-29(21-35(37)39(33,6)7)40(27-14-10-8-11-15-27)28-16-12-9-13-17-28;1-3-7-12(8-4-1)11-13-9-5-2-6-10-13/h8-23H,1-7H3;1-10H,11H2. The van der Waals surface area contributed by atoms with Crippen molar-refractivity contribution in [2.75, 3.05) is 4.90 Å². The fourth-order valence-electron chi connectivity index (χ4n) is 8.93. The van der Waals surface area contributed by atoms with E-state index in [1.54, 1.807) is 0 Å². The Morgan fingerprint density at radius 3 is 1.25 bits per heavy atom. The van der Waals surface area contributed by atoms with Crippen LogP contribution in [0.25, 0.3) is 22.3 Å². The summed E-state index contributed by atoms with van der Waals surface area (Å²) in [6, 6.07) is 57.2. The zero-order chi connectivity index (χ0) is 36.9. The van der Waals surface area contributed by atoms with Gasteiger partial charge in [-0.25, -0.2) is 0 Å². The third-order valence-corrected chi connectivity index (χ3v) is 11.6. The van der Waals surface area contributed by atoms with Crippen LogP contribution in [0.3, 0.4) is 0 Å². The summed E-state index contributed by atoms with van der Waals surface area (Å²) in [7, 11) is 0. The number of nitrogens with zero attached hydrogens (tertiary/aromatic N) is 1. The first-order chi connectivity index (χ1) is 25.5. The highest BCUT2D eigenvalue weighted by atomic mass is 15.1. The van der Waals surface area contributed by atoms with Gasteiger partial charge in [-0.1, -0.05) is 142 Å². The van der Waals surface area contributed by atoms with Crippen LogP contribution < -0.4 is 4.90 Å². The molecule has 53 heavy (non-hydrogen) atoms. The lowest BCUT2D eigenvalue weighted by atomic mass is 9.79. The monoisotopic (exact) mass is 687 g/mol. The minimum atomic E-state index is -0.106. The van der Waals surface area contributed by atoms with E-state index in [0.717, 1.165) is 6.42 Å². The van der Waals surface area contributed by atoms with Gasteiger partial charge in [-0.2, -0.15) is 0 Å². The lowest BCUT2D eigenvalue weighted by molar-refractivity contribution is 0.651. The van der Waals surface area contributed by atoms with Gasteiger partial charge in [0.2, 0.25) is 0 Å². The Labute approximate surface area is 316 Å². The van der Waals surface area contributed by atoms with Crippen molar-refractivity contribution in [1.82, 2.24) is 0 Å². The zero-order valence-electron chi connectivity index (χ0n) is 32.2. The second-order valence-corrected chi connectivity index (χ2v) is 16.0. The molecule has 0 aromatic heterocycles. The van der Waals surface area contributed by atoms with Crippen LogP contribution in [-0.2, 0) is 17.3 Å². The number of hydrogen-bond acceptors (Lipinski definition) is 1. The molecule has 0 saturated carbocycles. The molecule has 0 radical (unpaired) electrons. The van der Waals surface area contributed by atoms with Gasteiger partial charge in [0.05, 0.1) is 0 Å². The van der Waals surface area contributed by atoms with Crippen LogP contribution in [0.1, 0.15) is 77.8 Å². The molecule has 0 atom stereocenters. The average molecular weight is 688 g/mol. The first-order valence-corrected chi connectivity index (χ1v) is 19.0. The molecule has 0 N–H and O–H groups in total. The van der Waals surface area contributed by atoms with Crippen molar-refractivity contribution in [3.05, 3.63) is 208 Å². The number of rotatable bonds is 5. The van der Waals surface area contributed by atoms with E-state index in [4.69, 9.17) is 0 Å². The van der Waals surface area contributed by atoms with Gasteiger partial charge in [-0.3, -0.25) is 0 Å². The topological polar surface area (TPSA) is 3.24 Å². The summed E-state index contributed by atoms with van der Waals surface area (Å²) in [5.41, 5.74) is 21.7. The van der Waals surface area contributed by atoms with E-state index in [-0.39, 0.29) is 10.8 Å². The largest absolute Gasteiger partial charge is 0.310 e. The summed E-state index contributed by atoms with van der Waals surface area (Å²) >= 11 is 0. The van der Waals surface area contributed by atoms with Crippen LogP contribution in [0.15, 0.2) is 158 Å². The molecule has 0 saturated heterocycles. The highest BCUT2D eigenvalue weighted by Gasteiger charge is 2.43. The molecule has 7 aromatic rings.